The van der Waals surface area contributed by atoms with Gasteiger partial charge in [0.05, 0.1) is 6.21 Å². The molecule has 0 saturated carbocycles. The molecule has 0 radical (unpaired) electrons. The second kappa shape index (κ2) is 5.00. The Balaban J connectivity index is 2.57. The Morgan fingerprint density at radius 2 is 2.11 bits per heavy atom. The van der Waals surface area contributed by atoms with Crippen molar-refractivity contribution < 1.29 is 18.4 Å². The zero-order valence-corrected chi connectivity index (χ0v) is 10.7. The molecule has 0 saturated heterocycles. The largest absolute Gasteiger partial charge is 0.433 e. The predicted molar refractivity (Wildman–Crippen MR) is 63.4 cm³/mol. The molecule has 5 nitrogen and oxygen atoms in total. The van der Waals surface area contributed by atoms with Gasteiger partial charge in [0.15, 0.2) is 11.5 Å². The SMILES string of the molecule is O/N=C/c1cc(C(F)(F)F)n(-c2ccc(Br)cn2)n1. The summed E-state index contributed by atoms with van der Waals surface area (Å²) >= 11 is 3.14. The molecule has 2 aromatic rings. The minimum Gasteiger partial charge on any atom is -0.411 e. The van der Waals surface area contributed by atoms with E-state index in [1.807, 2.05) is 0 Å². The van der Waals surface area contributed by atoms with Gasteiger partial charge in [-0.1, -0.05) is 5.16 Å². The standard InChI is InChI=1S/C10H6BrF3N4O/c11-6-1-2-9(15-4-6)18-8(10(12,13)14)3-7(17-18)5-16-19/h1-5,19H/b16-5+. The highest BCUT2D eigenvalue weighted by Gasteiger charge is 2.36. The summed E-state index contributed by atoms with van der Waals surface area (Å²) < 4.78 is 39.9. The molecular weight excluding hydrogens is 329 g/mol. The first-order chi connectivity index (χ1) is 8.91. The Hall–Kier alpha value is -1.90. The van der Waals surface area contributed by atoms with E-state index in [0.29, 0.717) is 9.15 Å². The van der Waals surface area contributed by atoms with Crippen molar-refractivity contribution in [2.75, 3.05) is 0 Å². The third-order valence-electron chi connectivity index (χ3n) is 2.14. The topological polar surface area (TPSA) is 63.3 Å². The molecule has 0 bridgehead atoms. The van der Waals surface area contributed by atoms with Crippen LogP contribution < -0.4 is 0 Å². The summed E-state index contributed by atoms with van der Waals surface area (Å²) in [5.41, 5.74) is -1.13. The highest BCUT2D eigenvalue weighted by molar-refractivity contribution is 9.10. The molecule has 9 heteroatoms. The molecule has 1 N–H and O–H groups in total. The van der Waals surface area contributed by atoms with Crippen LogP contribution in [0.5, 0.6) is 0 Å². The molecule has 0 aliphatic heterocycles. The molecule has 0 aliphatic carbocycles. The molecule has 19 heavy (non-hydrogen) atoms. The fraction of sp³-hybridized carbons (Fsp3) is 0.100. The van der Waals surface area contributed by atoms with Crippen LogP contribution in [-0.2, 0) is 6.18 Å². The van der Waals surface area contributed by atoms with Gasteiger partial charge < -0.3 is 5.21 Å². The third kappa shape index (κ3) is 2.92. The van der Waals surface area contributed by atoms with E-state index in [0.717, 1.165) is 12.3 Å². The second-order valence-corrected chi connectivity index (χ2v) is 4.36. The van der Waals surface area contributed by atoms with Crippen molar-refractivity contribution >= 4 is 22.1 Å². The number of aromatic nitrogens is 3. The Morgan fingerprint density at radius 1 is 1.37 bits per heavy atom. The van der Waals surface area contributed by atoms with Gasteiger partial charge >= 0.3 is 6.18 Å². The first kappa shape index (κ1) is 13.5. The van der Waals surface area contributed by atoms with Crippen LogP contribution in [0.15, 0.2) is 34.0 Å². The monoisotopic (exact) mass is 334 g/mol. The molecule has 0 aromatic carbocycles. The van der Waals surface area contributed by atoms with Gasteiger partial charge in [-0.05, 0) is 34.1 Å². The first-order valence-electron chi connectivity index (χ1n) is 4.88. The van der Waals surface area contributed by atoms with E-state index in [1.165, 1.54) is 12.3 Å². The number of pyridine rings is 1. The van der Waals surface area contributed by atoms with Crippen molar-refractivity contribution in [2.24, 2.45) is 5.16 Å². The highest BCUT2D eigenvalue weighted by Crippen LogP contribution is 2.31. The average Bonchev–Trinajstić information content (AvgIpc) is 2.74. The van der Waals surface area contributed by atoms with Crippen LogP contribution >= 0.6 is 15.9 Å². The van der Waals surface area contributed by atoms with Crippen LogP contribution in [0.2, 0.25) is 0 Å². The number of oxime groups is 1. The summed E-state index contributed by atoms with van der Waals surface area (Å²) in [4.78, 5) is 3.84. The lowest BCUT2D eigenvalue weighted by atomic mass is 10.3. The number of alkyl halides is 3. The van der Waals surface area contributed by atoms with Crippen LogP contribution in [0.3, 0.4) is 0 Å². The van der Waals surface area contributed by atoms with Gasteiger partial charge in [0.1, 0.15) is 5.69 Å². The number of halogens is 4. The maximum Gasteiger partial charge on any atom is 0.433 e. The Morgan fingerprint density at radius 3 is 2.63 bits per heavy atom. The van der Waals surface area contributed by atoms with Crippen LogP contribution in [0.4, 0.5) is 13.2 Å². The minimum absolute atomic E-state index is 0.00751. The summed E-state index contributed by atoms with van der Waals surface area (Å²) in [5, 5.41) is 14.7. The Kier molecular flexibility index (Phi) is 3.56. The maximum atomic E-state index is 12.9. The van der Waals surface area contributed by atoms with Crippen LogP contribution in [-0.4, -0.2) is 26.2 Å². The van der Waals surface area contributed by atoms with Gasteiger partial charge in [-0.25, -0.2) is 9.67 Å². The third-order valence-corrected chi connectivity index (χ3v) is 2.61. The smallest absolute Gasteiger partial charge is 0.411 e. The molecule has 2 rings (SSSR count). The summed E-state index contributed by atoms with van der Waals surface area (Å²) in [7, 11) is 0. The van der Waals surface area contributed by atoms with E-state index >= 15 is 0 Å². The van der Waals surface area contributed by atoms with Gasteiger partial charge in [0.2, 0.25) is 0 Å². The van der Waals surface area contributed by atoms with Gasteiger partial charge in [0.25, 0.3) is 0 Å². The van der Waals surface area contributed by atoms with Crippen molar-refractivity contribution in [3.05, 3.63) is 40.3 Å². The van der Waals surface area contributed by atoms with Gasteiger partial charge in [0, 0.05) is 10.7 Å². The van der Waals surface area contributed by atoms with E-state index < -0.39 is 11.9 Å². The van der Waals surface area contributed by atoms with Crippen molar-refractivity contribution in [2.45, 2.75) is 6.18 Å². The minimum atomic E-state index is -4.59. The van der Waals surface area contributed by atoms with Crippen LogP contribution in [0, 0.1) is 0 Å². The molecule has 2 heterocycles. The van der Waals surface area contributed by atoms with Crippen molar-refractivity contribution in [1.82, 2.24) is 14.8 Å². The number of rotatable bonds is 2. The normalized spacial score (nSPS) is 12.2. The van der Waals surface area contributed by atoms with Crippen LogP contribution in [0.1, 0.15) is 11.4 Å². The van der Waals surface area contributed by atoms with E-state index in [1.54, 1.807) is 6.07 Å². The Bertz CT molecular complexity index is 606. The fourth-order valence-corrected chi connectivity index (χ4v) is 1.63. The summed E-state index contributed by atoms with van der Waals surface area (Å²) in [5.74, 6) is 0.00751. The Labute approximate surface area is 113 Å². The summed E-state index contributed by atoms with van der Waals surface area (Å²) in [6, 6.07) is 3.69. The predicted octanol–water partition coefficient (Wildman–Crippen LogP) is 2.86. The molecule has 0 unspecified atom stereocenters. The van der Waals surface area contributed by atoms with Gasteiger partial charge in [-0.2, -0.15) is 18.3 Å². The molecule has 0 amide bonds. The molecule has 2 aromatic heterocycles. The number of hydrogen-bond donors (Lipinski definition) is 1. The number of hydrogen-bond acceptors (Lipinski definition) is 4. The molecular formula is C10H6BrF3N4O. The summed E-state index contributed by atoms with van der Waals surface area (Å²) in [6.45, 7) is 0. The van der Waals surface area contributed by atoms with E-state index in [2.05, 4.69) is 31.2 Å². The van der Waals surface area contributed by atoms with E-state index in [9.17, 15) is 13.2 Å². The van der Waals surface area contributed by atoms with Crippen molar-refractivity contribution in [3.63, 3.8) is 0 Å². The average molecular weight is 335 g/mol. The van der Waals surface area contributed by atoms with E-state index in [4.69, 9.17) is 5.21 Å². The lowest BCUT2D eigenvalue weighted by molar-refractivity contribution is -0.142. The molecule has 100 valence electrons. The lowest BCUT2D eigenvalue weighted by Crippen LogP contribution is -2.14. The zero-order chi connectivity index (χ0) is 14.0. The zero-order valence-electron chi connectivity index (χ0n) is 9.13. The van der Waals surface area contributed by atoms with Crippen molar-refractivity contribution in [1.29, 1.82) is 0 Å². The first-order valence-corrected chi connectivity index (χ1v) is 5.68. The van der Waals surface area contributed by atoms with Gasteiger partial charge in [-0.3, -0.25) is 0 Å². The number of nitrogens with zero attached hydrogens (tertiary/aromatic N) is 4. The van der Waals surface area contributed by atoms with E-state index in [-0.39, 0.29) is 11.5 Å². The lowest BCUT2D eigenvalue weighted by Gasteiger charge is -2.09. The highest BCUT2D eigenvalue weighted by atomic mass is 79.9. The quantitative estimate of drug-likeness (QED) is 0.521. The van der Waals surface area contributed by atoms with Gasteiger partial charge in [-0.15, -0.1) is 0 Å². The molecule has 0 aliphatic rings. The maximum absolute atomic E-state index is 12.9. The van der Waals surface area contributed by atoms with Crippen LogP contribution in [0.25, 0.3) is 5.82 Å². The molecule has 0 fully saturated rings. The fourth-order valence-electron chi connectivity index (χ4n) is 1.39. The molecule has 0 atom stereocenters. The second-order valence-electron chi connectivity index (χ2n) is 3.44. The molecule has 0 spiro atoms. The van der Waals surface area contributed by atoms with Crippen molar-refractivity contribution in [3.8, 4) is 5.82 Å². The summed E-state index contributed by atoms with van der Waals surface area (Å²) in [6.07, 6.45) is -2.43.